The van der Waals surface area contributed by atoms with Gasteiger partial charge in [0.05, 0.1) is 18.9 Å². The molecule has 0 saturated heterocycles. The summed E-state index contributed by atoms with van der Waals surface area (Å²) in [6, 6.07) is 5.42. The number of sulfonamides is 1. The minimum Gasteiger partial charge on any atom is -0.492 e. The van der Waals surface area contributed by atoms with Crippen molar-refractivity contribution in [3.05, 3.63) is 30.1 Å². The molecule has 172 valence electrons. The first-order valence-corrected chi connectivity index (χ1v) is 12.5. The number of ether oxygens (including phenoxy) is 1. The van der Waals surface area contributed by atoms with Crippen molar-refractivity contribution in [2.75, 3.05) is 29.5 Å². The van der Waals surface area contributed by atoms with Gasteiger partial charge in [-0.05, 0) is 43.5 Å². The number of hydrogen-bond donors (Lipinski definition) is 3. The maximum atomic E-state index is 13.0. The predicted molar refractivity (Wildman–Crippen MR) is 119 cm³/mol. The van der Waals surface area contributed by atoms with Crippen LogP contribution in [0.3, 0.4) is 0 Å². The summed E-state index contributed by atoms with van der Waals surface area (Å²) in [6.45, 7) is 6.12. The Morgan fingerprint density at radius 1 is 1.13 bits per heavy atom. The van der Waals surface area contributed by atoms with Gasteiger partial charge in [0.2, 0.25) is 21.9 Å². The molecular weight excluding hydrogens is 445 g/mol. The van der Waals surface area contributed by atoms with Gasteiger partial charge < -0.3 is 15.2 Å². The zero-order valence-electron chi connectivity index (χ0n) is 17.9. The lowest BCUT2D eigenvalue weighted by Gasteiger charge is -2.19. The summed E-state index contributed by atoms with van der Waals surface area (Å²) in [4.78, 5) is 12.6. The molecule has 0 radical (unpaired) electrons. The molecule has 31 heavy (non-hydrogen) atoms. The third-order valence-electron chi connectivity index (χ3n) is 3.81. The molecule has 1 heterocycles. The highest BCUT2D eigenvalue weighted by atomic mass is 32.2. The van der Waals surface area contributed by atoms with Crippen LogP contribution in [0.1, 0.15) is 27.2 Å². The van der Waals surface area contributed by atoms with Crippen LogP contribution in [0.2, 0.25) is 0 Å². The number of hydrogen-bond acceptors (Lipinski definition) is 9. The highest BCUT2D eigenvalue weighted by molar-refractivity contribution is 7.99. The molecule has 0 aliphatic rings. The molecule has 0 fully saturated rings. The summed E-state index contributed by atoms with van der Waals surface area (Å²) in [5.41, 5.74) is 0. The number of aliphatic hydroxyl groups excluding tert-OH is 1. The third-order valence-corrected chi connectivity index (χ3v) is 5.29. The van der Waals surface area contributed by atoms with Gasteiger partial charge in [-0.1, -0.05) is 25.6 Å². The molecule has 2 atom stereocenters. The first-order chi connectivity index (χ1) is 14.5. The van der Waals surface area contributed by atoms with E-state index in [9.17, 15) is 17.9 Å². The van der Waals surface area contributed by atoms with E-state index in [0.717, 1.165) is 6.26 Å². The summed E-state index contributed by atoms with van der Waals surface area (Å²) in [7, 11) is -3.59. The molecule has 0 aliphatic heterocycles. The Kier molecular flexibility index (Phi) is 9.26. The molecule has 0 unspecified atom stereocenters. The van der Waals surface area contributed by atoms with Crippen molar-refractivity contribution in [2.45, 2.75) is 43.6 Å². The Morgan fingerprint density at radius 2 is 1.77 bits per heavy atom. The molecule has 3 N–H and O–H groups in total. The predicted octanol–water partition coefficient (Wildman–Crippen LogP) is 2.76. The molecule has 12 heteroatoms. The third kappa shape index (κ3) is 9.66. The van der Waals surface area contributed by atoms with Crippen LogP contribution in [-0.2, 0) is 10.0 Å². The summed E-state index contributed by atoms with van der Waals surface area (Å²) < 4.78 is 44.2. The normalized spacial score (nSPS) is 13.6. The second-order valence-electron chi connectivity index (χ2n) is 7.49. The van der Waals surface area contributed by atoms with Gasteiger partial charge in [-0.3, -0.25) is 4.72 Å². The standard InChI is InChI=1S/C19H28FN5O4S2/c1-12(2)9-15(10-26)21-17-22-18(25-31(4,27)28)24-19(23-17)30-13(3)11-29-16-7-5-14(20)6-8-16/h5-8,12-13,15,26H,9-11H2,1-4H3,(H2,21,22,23,24,25)/t13-,15+/m0/s1. The van der Waals surface area contributed by atoms with E-state index in [1.807, 2.05) is 20.8 Å². The van der Waals surface area contributed by atoms with E-state index in [4.69, 9.17) is 4.74 Å². The molecule has 0 saturated carbocycles. The van der Waals surface area contributed by atoms with Crippen molar-refractivity contribution < 1.29 is 22.7 Å². The van der Waals surface area contributed by atoms with E-state index in [2.05, 4.69) is 25.0 Å². The first-order valence-electron chi connectivity index (χ1n) is 9.70. The molecule has 0 spiro atoms. The van der Waals surface area contributed by atoms with Gasteiger partial charge >= 0.3 is 0 Å². The highest BCUT2D eigenvalue weighted by Gasteiger charge is 2.17. The Balaban J connectivity index is 2.13. The number of aliphatic hydroxyl groups is 1. The van der Waals surface area contributed by atoms with Gasteiger partial charge in [-0.25, -0.2) is 12.8 Å². The van der Waals surface area contributed by atoms with Crippen molar-refractivity contribution in [2.24, 2.45) is 5.92 Å². The van der Waals surface area contributed by atoms with Crippen LogP contribution < -0.4 is 14.8 Å². The first kappa shape index (κ1) is 25.1. The van der Waals surface area contributed by atoms with Crippen LogP contribution in [0.5, 0.6) is 5.75 Å². The smallest absolute Gasteiger partial charge is 0.242 e. The summed E-state index contributed by atoms with van der Waals surface area (Å²) in [6.07, 6.45) is 1.69. The molecule has 0 amide bonds. The lowest BCUT2D eigenvalue weighted by molar-refractivity contribution is 0.259. The Morgan fingerprint density at radius 3 is 2.35 bits per heavy atom. The van der Waals surface area contributed by atoms with Crippen molar-refractivity contribution in [1.82, 2.24) is 15.0 Å². The fourth-order valence-corrected chi connectivity index (χ4v) is 3.77. The van der Waals surface area contributed by atoms with Crippen molar-refractivity contribution in [3.63, 3.8) is 0 Å². The van der Waals surface area contributed by atoms with E-state index in [0.29, 0.717) is 29.9 Å². The Hall–Kier alpha value is -2.18. The number of rotatable bonds is 12. The van der Waals surface area contributed by atoms with E-state index in [-0.39, 0.29) is 35.6 Å². The average molecular weight is 474 g/mol. The van der Waals surface area contributed by atoms with Gasteiger partial charge in [0.15, 0.2) is 5.16 Å². The molecule has 0 aliphatic carbocycles. The summed E-state index contributed by atoms with van der Waals surface area (Å²) in [5, 5.41) is 12.8. The average Bonchev–Trinajstić information content (AvgIpc) is 2.65. The maximum absolute atomic E-state index is 13.0. The number of benzene rings is 1. The van der Waals surface area contributed by atoms with Gasteiger partial charge in [0.1, 0.15) is 18.2 Å². The summed E-state index contributed by atoms with van der Waals surface area (Å²) in [5.74, 6) is 0.568. The van der Waals surface area contributed by atoms with Gasteiger partial charge in [-0.2, -0.15) is 15.0 Å². The molecule has 9 nitrogen and oxygen atoms in total. The van der Waals surface area contributed by atoms with E-state index < -0.39 is 10.0 Å². The number of anilines is 2. The lowest BCUT2D eigenvalue weighted by Crippen LogP contribution is -2.27. The fourth-order valence-electron chi connectivity index (χ4n) is 2.57. The minimum absolute atomic E-state index is 0.101. The van der Waals surface area contributed by atoms with Gasteiger partial charge in [0, 0.05) is 5.25 Å². The van der Waals surface area contributed by atoms with Crippen molar-refractivity contribution in [1.29, 1.82) is 0 Å². The zero-order chi connectivity index (χ0) is 23.0. The largest absolute Gasteiger partial charge is 0.492 e. The van der Waals surface area contributed by atoms with E-state index >= 15 is 0 Å². The summed E-state index contributed by atoms with van der Waals surface area (Å²) >= 11 is 1.27. The molecule has 1 aromatic carbocycles. The quantitative estimate of drug-likeness (QED) is 0.399. The van der Waals surface area contributed by atoms with Gasteiger partial charge in [-0.15, -0.1) is 0 Å². The minimum atomic E-state index is -3.59. The van der Waals surface area contributed by atoms with Crippen LogP contribution in [0.25, 0.3) is 0 Å². The highest BCUT2D eigenvalue weighted by Crippen LogP contribution is 2.23. The second kappa shape index (κ2) is 11.4. The van der Waals surface area contributed by atoms with Crippen molar-refractivity contribution in [3.8, 4) is 5.75 Å². The monoisotopic (exact) mass is 473 g/mol. The number of nitrogens with one attached hydrogen (secondary N) is 2. The van der Waals surface area contributed by atoms with Gasteiger partial charge in [0.25, 0.3) is 0 Å². The number of halogens is 1. The van der Waals surface area contributed by atoms with Crippen LogP contribution in [0.4, 0.5) is 16.3 Å². The van der Waals surface area contributed by atoms with E-state index in [1.54, 1.807) is 0 Å². The maximum Gasteiger partial charge on any atom is 0.242 e. The zero-order valence-corrected chi connectivity index (χ0v) is 19.5. The second-order valence-corrected chi connectivity index (χ2v) is 10.6. The van der Waals surface area contributed by atoms with E-state index in [1.165, 1.54) is 36.0 Å². The number of aromatic nitrogens is 3. The van der Waals surface area contributed by atoms with Crippen LogP contribution in [0.15, 0.2) is 29.4 Å². The molecule has 0 bridgehead atoms. The SMILES string of the molecule is CC(C)C[C@H](CO)Nc1nc(NS(C)(=O)=O)nc(S[C@@H](C)COc2ccc(F)cc2)n1. The fraction of sp³-hybridized carbons (Fsp3) is 0.526. The number of nitrogens with zero attached hydrogens (tertiary/aromatic N) is 3. The van der Waals surface area contributed by atoms with Crippen LogP contribution in [0, 0.1) is 11.7 Å². The number of thioether (sulfide) groups is 1. The molecule has 2 aromatic rings. The van der Waals surface area contributed by atoms with Crippen molar-refractivity contribution >= 4 is 33.7 Å². The van der Waals surface area contributed by atoms with Crippen LogP contribution >= 0.6 is 11.8 Å². The Bertz CT molecular complexity index is 945. The molecule has 2 rings (SSSR count). The lowest BCUT2D eigenvalue weighted by atomic mass is 10.0. The molecular formula is C19H28FN5O4S2. The topological polar surface area (TPSA) is 126 Å². The Labute approximate surface area is 186 Å². The molecule has 1 aromatic heterocycles. The van der Waals surface area contributed by atoms with Crippen LogP contribution in [-0.4, -0.2) is 59.2 Å².